The number of hydrazine groups is 1. The summed E-state index contributed by atoms with van der Waals surface area (Å²) >= 11 is 0. The molecular formula is C18H19FN4O2. The lowest BCUT2D eigenvalue weighted by Crippen LogP contribution is -2.39. The van der Waals surface area contributed by atoms with E-state index in [1.807, 2.05) is 13.0 Å². The van der Waals surface area contributed by atoms with Crippen molar-refractivity contribution in [2.75, 3.05) is 20.3 Å². The highest BCUT2D eigenvalue weighted by atomic mass is 19.1. The summed E-state index contributed by atoms with van der Waals surface area (Å²) in [5.74, 6) is 4.93. The predicted molar refractivity (Wildman–Crippen MR) is 92.0 cm³/mol. The second-order valence-electron chi connectivity index (χ2n) is 5.35. The highest BCUT2D eigenvalue weighted by Crippen LogP contribution is 2.32. The first-order valence-electron chi connectivity index (χ1n) is 7.67. The molecule has 0 aliphatic rings. The van der Waals surface area contributed by atoms with E-state index in [-0.39, 0.29) is 18.1 Å². The van der Waals surface area contributed by atoms with Gasteiger partial charge in [-0.15, -0.1) is 0 Å². The summed E-state index contributed by atoms with van der Waals surface area (Å²) in [5.41, 5.74) is 4.16. The normalized spacial score (nSPS) is 10.2. The molecule has 2 aromatic rings. The maximum Gasteiger partial charge on any atom is 0.254 e. The highest BCUT2D eigenvalue weighted by molar-refractivity contribution is 5.95. The third-order valence-corrected chi connectivity index (χ3v) is 3.54. The molecule has 0 saturated heterocycles. The molecule has 130 valence electrons. The number of hydrogen-bond donors (Lipinski definition) is 2. The molecule has 0 fully saturated rings. The van der Waals surface area contributed by atoms with Gasteiger partial charge in [-0.1, -0.05) is 0 Å². The Morgan fingerprint density at radius 1 is 1.36 bits per heavy atom. The first kappa shape index (κ1) is 18.4. The lowest BCUT2D eigenvalue weighted by molar-refractivity contribution is 0.0783. The number of carbonyl (C=O) groups is 1. The van der Waals surface area contributed by atoms with Crippen molar-refractivity contribution in [2.24, 2.45) is 5.84 Å². The van der Waals surface area contributed by atoms with E-state index in [0.717, 1.165) is 6.07 Å². The Morgan fingerprint density at radius 3 is 2.76 bits per heavy atom. The molecule has 0 unspecified atom stereocenters. The van der Waals surface area contributed by atoms with Crippen LogP contribution in [0.4, 0.5) is 4.39 Å². The van der Waals surface area contributed by atoms with Crippen molar-refractivity contribution in [3.8, 4) is 22.9 Å². The minimum atomic E-state index is -0.509. The van der Waals surface area contributed by atoms with E-state index in [0.29, 0.717) is 29.0 Å². The summed E-state index contributed by atoms with van der Waals surface area (Å²) in [7, 11) is 1.61. The van der Waals surface area contributed by atoms with Crippen molar-refractivity contribution in [1.82, 2.24) is 10.3 Å². The fourth-order valence-electron chi connectivity index (χ4n) is 2.41. The Balaban J connectivity index is 2.48. The molecule has 0 aliphatic heterocycles. The monoisotopic (exact) mass is 342 g/mol. The standard InChI is InChI=1S/C18H19FN4O2/c1-3-25-17-9-13(18(24)23(2)11-22-21)4-5-16(17)14-6-12(10-20)7-15(19)8-14/h4-9,22H,3,11,21H2,1-2H3. The molecule has 3 N–H and O–H groups in total. The number of carbonyl (C=O) groups excluding carboxylic acids is 1. The van der Waals surface area contributed by atoms with Crippen LogP contribution >= 0.6 is 0 Å². The van der Waals surface area contributed by atoms with Gasteiger partial charge in [-0.05, 0) is 48.9 Å². The SMILES string of the molecule is CCOc1cc(C(=O)N(C)CNN)ccc1-c1cc(F)cc(C#N)c1. The minimum Gasteiger partial charge on any atom is -0.493 e. The number of nitrogens with one attached hydrogen (secondary N) is 1. The zero-order valence-electron chi connectivity index (χ0n) is 14.0. The van der Waals surface area contributed by atoms with Crippen LogP contribution in [0.5, 0.6) is 5.75 Å². The summed E-state index contributed by atoms with van der Waals surface area (Å²) in [5, 5.41) is 9.02. The number of nitriles is 1. The summed E-state index contributed by atoms with van der Waals surface area (Å²) in [6.45, 7) is 2.39. The molecule has 0 atom stereocenters. The quantitative estimate of drug-likeness (QED) is 0.477. The molecular weight excluding hydrogens is 323 g/mol. The van der Waals surface area contributed by atoms with E-state index in [4.69, 9.17) is 15.8 Å². The van der Waals surface area contributed by atoms with Crippen LogP contribution in [-0.4, -0.2) is 31.1 Å². The summed E-state index contributed by atoms with van der Waals surface area (Å²) in [6.07, 6.45) is 0. The summed E-state index contributed by atoms with van der Waals surface area (Å²) in [6, 6.07) is 10.9. The number of hydrogen-bond acceptors (Lipinski definition) is 5. The zero-order valence-corrected chi connectivity index (χ0v) is 14.0. The predicted octanol–water partition coefficient (Wildman–Crippen LogP) is 2.26. The molecule has 7 heteroatoms. The largest absolute Gasteiger partial charge is 0.493 e. The Hall–Kier alpha value is -2.95. The van der Waals surface area contributed by atoms with Crippen LogP contribution in [0.15, 0.2) is 36.4 Å². The molecule has 0 heterocycles. The fourth-order valence-corrected chi connectivity index (χ4v) is 2.41. The maximum atomic E-state index is 13.7. The molecule has 0 saturated carbocycles. The Bertz CT molecular complexity index is 817. The van der Waals surface area contributed by atoms with Crippen molar-refractivity contribution in [2.45, 2.75) is 6.92 Å². The number of ether oxygens (including phenoxy) is 1. The Kier molecular flexibility index (Phi) is 6.06. The molecule has 6 nitrogen and oxygen atoms in total. The van der Waals surface area contributed by atoms with E-state index >= 15 is 0 Å². The van der Waals surface area contributed by atoms with Crippen molar-refractivity contribution in [3.05, 3.63) is 53.3 Å². The molecule has 1 amide bonds. The van der Waals surface area contributed by atoms with Crippen molar-refractivity contribution < 1.29 is 13.9 Å². The van der Waals surface area contributed by atoms with Crippen LogP contribution in [0.2, 0.25) is 0 Å². The second kappa shape index (κ2) is 8.24. The number of nitrogens with two attached hydrogens (primary N) is 1. The second-order valence-corrected chi connectivity index (χ2v) is 5.35. The number of nitrogens with zero attached hydrogens (tertiary/aromatic N) is 2. The van der Waals surface area contributed by atoms with Gasteiger partial charge in [0.15, 0.2) is 0 Å². The molecule has 25 heavy (non-hydrogen) atoms. The zero-order chi connectivity index (χ0) is 18.4. The average molecular weight is 342 g/mol. The molecule has 0 bridgehead atoms. The molecule has 2 aromatic carbocycles. The Morgan fingerprint density at radius 2 is 2.12 bits per heavy atom. The van der Waals surface area contributed by atoms with Gasteiger partial charge in [0.2, 0.25) is 0 Å². The average Bonchev–Trinajstić information content (AvgIpc) is 2.61. The van der Waals surface area contributed by atoms with Gasteiger partial charge in [-0.25, -0.2) is 9.82 Å². The van der Waals surface area contributed by atoms with Gasteiger partial charge in [-0.3, -0.25) is 10.6 Å². The first-order valence-corrected chi connectivity index (χ1v) is 7.67. The smallest absolute Gasteiger partial charge is 0.254 e. The van der Waals surface area contributed by atoms with Crippen molar-refractivity contribution in [1.29, 1.82) is 5.26 Å². The van der Waals surface area contributed by atoms with Gasteiger partial charge in [0.05, 0.1) is 24.9 Å². The van der Waals surface area contributed by atoms with Gasteiger partial charge in [0.25, 0.3) is 5.91 Å². The number of halogens is 1. The van der Waals surface area contributed by atoms with Gasteiger partial charge in [-0.2, -0.15) is 5.26 Å². The molecule has 0 aliphatic carbocycles. The van der Waals surface area contributed by atoms with Gasteiger partial charge >= 0.3 is 0 Å². The summed E-state index contributed by atoms with van der Waals surface area (Å²) in [4.78, 5) is 13.8. The van der Waals surface area contributed by atoms with Crippen LogP contribution in [0.25, 0.3) is 11.1 Å². The third-order valence-electron chi connectivity index (χ3n) is 3.54. The topological polar surface area (TPSA) is 91.4 Å². The lowest BCUT2D eigenvalue weighted by Gasteiger charge is -2.18. The molecule has 0 spiro atoms. The maximum absolute atomic E-state index is 13.7. The van der Waals surface area contributed by atoms with Gasteiger partial charge < -0.3 is 9.64 Å². The van der Waals surface area contributed by atoms with Crippen LogP contribution < -0.4 is 16.0 Å². The number of amides is 1. The minimum absolute atomic E-state index is 0.194. The summed E-state index contributed by atoms with van der Waals surface area (Å²) < 4.78 is 19.4. The van der Waals surface area contributed by atoms with E-state index < -0.39 is 5.82 Å². The molecule has 0 aromatic heterocycles. The molecule has 2 rings (SSSR count). The number of rotatable bonds is 6. The van der Waals surface area contributed by atoms with E-state index in [9.17, 15) is 9.18 Å². The van der Waals surface area contributed by atoms with E-state index in [1.165, 1.54) is 11.0 Å². The Labute approximate surface area is 145 Å². The van der Waals surface area contributed by atoms with Crippen LogP contribution in [-0.2, 0) is 0 Å². The van der Waals surface area contributed by atoms with E-state index in [2.05, 4.69) is 5.43 Å². The van der Waals surface area contributed by atoms with Gasteiger partial charge in [0.1, 0.15) is 11.6 Å². The van der Waals surface area contributed by atoms with Crippen molar-refractivity contribution in [3.63, 3.8) is 0 Å². The van der Waals surface area contributed by atoms with E-state index in [1.54, 1.807) is 31.3 Å². The third kappa shape index (κ3) is 4.32. The van der Waals surface area contributed by atoms with Crippen LogP contribution in [0.3, 0.4) is 0 Å². The number of benzene rings is 2. The van der Waals surface area contributed by atoms with Gasteiger partial charge in [0, 0.05) is 18.2 Å². The molecule has 0 radical (unpaired) electrons. The van der Waals surface area contributed by atoms with Crippen molar-refractivity contribution >= 4 is 5.91 Å². The van der Waals surface area contributed by atoms with Crippen LogP contribution in [0, 0.1) is 17.1 Å². The lowest BCUT2D eigenvalue weighted by atomic mass is 10.00. The fraction of sp³-hybridized carbons (Fsp3) is 0.222. The van der Waals surface area contributed by atoms with Crippen LogP contribution in [0.1, 0.15) is 22.8 Å². The first-order chi connectivity index (χ1) is 12.0. The highest BCUT2D eigenvalue weighted by Gasteiger charge is 2.16.